The summed E-state index contributed by atoms with van der Waals surface area (Å²) in [7, 11) is 1.70. The van der Waals surface area contributed by atoms with Gasteiger partial charge in [-0.1, -0.05) is 44.2 Å². The second-order valence-electron chi connectivity index (χ2n) is 6.50. The van der Waals surface area contributed by atoms with Crippen LogP contribution >= 0.6 is 0 Å². The van der Waals surface area contributed by atoms with E-state index in [4.69, 9.17) is 9.47 Å². The molecule has 1 aromatic heterocycles. The number of para-hydroxylation sites is 3. The fourth-order valence-corrected chi connectivity index (χ4v) is 3.11. The lowest BCUT2D eigenvalue weighted by molar-refractivity contribution is 0.174. The predicted octanol–water partition coefficient (Wildman–Crippen LogP) is 4.78. The minimum Gasteiger partial charge on any atom is -0.493 e. The molecule has 3 rings (SSSR count). The van der Waals surface area contributed by atoms with Crippen molar-refractivity contribution in [3.63, 3.8) is 0 Å². The van der Waals surface area contributed by atoms with Gasteiger partial charge in [0.25, 0.3) is 0 Å². The first-order valence-corrected chi connectivity index (χ1v) is 8.85. The summed E-state index contributed by atoms with van der Waals surface area (Å²) in [6.45, 7) is 6.45. The highest BCUT2D eigenvalue weighted by Crippen LogP contribution is 2.26. The van der Waals surface area contributed by atoms with Gasteiger partial charge in [-0.2, -0.15) is 0 Å². The predicted molar refractivity (Wildman–Crippen MR) is 101 cm³/mol. The zero-order valence-corrected chi connectivity index (χ0v) is 15.2. The molecule has 0 aliphatic carbocycles. The van der Waals surface area contributed by atoms with Crippen LogP contribution in [0.3, 0.4) is 0 Å². The van der Waals surface area contributed by atoms with Gasteiger partial charge in [0, 0.05) is 13.7 Å². The summed E-state index contributed by atoms with van der Waals surface area (Å²) in [5.74, 6) is 2.42. The van der Waals surface area contributed by atoms with E-state index in [1.54, 1.807) is 7.11 Å². The molecule has 0 unspecified atom stereocenters. The number of aryl methyl sites for hydroxylation is 1. The number of hydrogen-bond acceptors (Lipinski definition) is 3. The normalized spacial score (nSPS) is 11.4. The second kappa shape index (κ2) is 8.17. The monoisotopic (exact) mass is 338 g/mol. The van der Waals surface area contributed by atoms with Crippen molar-refractivity contribution >= 4 is 11.0 Å². The van der Waals surface area contributed by atoms with E-state index in [0.29, 0.717) is 19.1 Å². The summed E-state index contributed by atoms with van der Waals surface area (Å²) in [6.07, 6.45) is 0.920. The highest BCUT2D eigenvalue weighted by atomic mass is 16.5. The summed E-state index contributed by atoms with van der Waals surface area (Å²) in [5, 5.41) is 0. The third-order valence-corrected chi connectivity index (χ3v) is 4.33. The molecule has 0 saturated heterocycles. The van der Waals surface area contributed by atoms with E-state index in [0.717, 1.165) is 35.6 Å². The van der Waals surface area contributed by atoms with Crippen LogP contribution in [0.2, 0.25) is 0 Å². The number of hydrogen-bond donors (Lipinski definition) is 0. The molecule has 0 atom stereocenters. The fraction of sp³-hybridized carbons (Fsp3) is 0.381. The molecule has 132 valence electrons. The van der Waals surface area contributed by atoms with Crippen LogP contribution in [0.15, 0.2) is 48.5 Å². The van der Waals surface area contributed by atoms with Gasteiger partial charge in [-0.05, 0) is 36.1 Å². The number of aromatic nitrogens is 2. The molecule has 0 radical (unpaired) electrons. The minimum atomic E-state index is 0.460. The van der Waals surface area contributed by atoms with Crippen LogP contribution in [0, 0.1) is 0 Å². The third-order valence-electron chi connectivity index (χ3n) is 4.33. The van der Waals surface area contributed by atoms with Crippen molar-refractivity contribution in [2.45, 2.75) is 39.3 Å². The number of ether oxygens (including phenoxy) is 2. The van der Waals surface area contributed by atoms with Crippen molar-refractivity contribution in [2.75, 3.05) is 13.7 Å². The highest BCUT2D eigenvalue weighted by Gasteiger charge is 2.10. The van der Waals surface area contributed by atoms with Crippen molar-refractivity contribution < 1.29 is 9.47 Å². The van der Waals surface area contributed by atoms with Crippen molar-refractivity contribution in [1.29, 1.82) is 0 Å². The Labute approximate surface area is 149 Å². The van der Waals surface area contributed by atoms with Crippen molar-refractivity contribution in [1.82, 2.24) is 9.55 Å². The fourth-order valence-electron chi connectivity index (χ4n) is 3.11. The van der Waals surface area contributed by atoms with E-state index >= 15 is 0 Å². The Kier molecular flexibility index (Phi) is 5.71. The first kappa shape index (κ1) is 17.5. The smallest absolute Gasteiger partial charge is 0.135 e. The van der Waals surface area contributed by atoms with Crippen LogP contribution < -0.4 is 4.74 Å². The molecule has 0 amide bonds. The van der Waals surface area contributed by atoms with Crippen molar-refractivity contribution in [3.8, 4) is 5.75 Å². The number of rotatable bonds is 8. The minimum absolute atomic E-state index is 0.460. The zero-order valence-electron chi connectivity index (χ0n) is 15.2. The number of methoxy groups -OCH3 is 1. The summed E-state index contributed by atoms with van der Waals surface area (Å²) >= 11 is 0. The van der Waals surface area contributed by atoms with Crippen LogP contribution in [0.5, 0.6) is 5.75 Å². The van der Waals surface area contributed by atoms with Gasteiger partial charge in [0.2, 0.25) is 0 Å². The summed E-state index contributed by atoms with van der Waals surface area (Å²) in [4.78, 5) is 4.67. The lowest BCUT2D eigenvalue weighted by Crippen LogP contribution is -2.09. The number of fused-ring (bicyclic) bond motifs is 1. The average Bonchev–Trinajstić information content (AvgIpc) is 2.97. The number of nitrogens with zero attached hydrogens (tertiary/aromatic N) is 2. The van der Waals surface area contributed by atoms with Crippen LogP contribution in [0.4, 0.5) is 0 Å². The van der Waals surface area contributed by atoms with Gasteiger partial charge in [0.15, 0.2) is 0 Å². The molecule has 0 N–H and O–H groups in total. The molecule has 4 heteroatoms. The average molecular weight is 338 g/mol. The topological polar surface area (TPSA) is 36.3 Å². The van der Waals surface area contributed by atoms with Gasteiger partial charge in [0.1, 0.15) is 18.2 Å². The summed E-state index contributed by atoms with van der Waals surface area (Å²) in [6, 6.07) is 16.5. The molecule has 0 fully saturated rings. The van der Waals surface area contributed by atoms with Gasteiger partial charge in [-0.15, -0.1) is 0 Å². The van der Waals surface area contributed by atoms with Gasteiger partial charge >= 0.3 is 0 Å². The van der Waals surface area contributed by atoms with Gasteiger partial charge < -0.3 is 14.0 Å². The molecule has 25 heavy (non-hydrogen) atoms. The molecular weight excluding hydrogens is 312 g/mol. The Morgan fingerprint density at radius 1 is 1.04 bits per heavy atom. The Morgan fingerprint density at radius 3 is 2.60 bits per heavy atom. The van der Waals surface area contributed by atoms with Crippen LogP contribution in [-0.2, 0) is 17.9 Å². The lowest BCUT2D eigenvalue weighted by Gasteiger charge is -2.14. The molecule has 4 nitrogen and oxygen atoms in total. The maximum absolute atomic E-state index is 6.04. The van der Waals surface area contributed by atoms with Crippen LogP contribution in [0.25, 0.3) is 11.0 Å². The standard InChI is InChI=1S/C21H26N2O2/c1-16(2)17-9-4-7-12-20(17)25-14-8-13-23-19-11-6-5-10-18(19)22-21(23)15-24-3/h4-7,9-12,16H,8,13-15H2,1-3H3. The Hall–Kier alpha value is -2.33. The molecule has 1 heterocycles. The van der Waals surface area contributed by atoms with E-state index in [2.05, 4.69) is 47.7 Å². The highest BCUT2D eigenvalue weighted by molar-refractivity contribution is 5.75. The van der Waals surface area contributed by atoms with Crippen molar-refractivity contribution in [3.05, 3.63) is 59.9 Å². The Morgan fingerprint density at radius 2 is 1.80 bits per heavy atom. The number of benzene rings is 2. The van der Waals surface area contributed by atoms with E-state index in [1.807, 2.05) is 24.3 Å². The van der Waals surface area contributed by atoms with E-state index in [1.165, 1.54) is 5.56 Å². The lowest BCUT2D eigenvalue weighted by atomic mass is 10.0. The molecule has 2 aromatic carbocycles. The molecule has 0 aliphatic heterocycles. The zero-order chi connectivity index (χ0) is 17.6. The molecule has 3 aromatic rings. The van der Waals surface area contributed by atoms with E-state index in [9.17, 15) is 0 Å². The van der Waals surface area contributed by atoms with Crippen molar-refractivity contribution in [2.24, 2.45) is 0 Å². The first-order valence-electron chi connectivity index (χ1n) is 8.85. The summed E-state index contributed by atoms with van der Waals surface area (Å²) < 4.78 is 13.6. The molecular formula is C21H26N2O2. The molecule has 0 spiro atoms. The van der Waals surface area contributed by atoms with Crippen LogP contribution in [0.1, 0.15) is 37.6 Å². The SMILES string of the molecule is COCc1nc2ccccc2n1CCCOc1ccccc1C(C)C. The number of imidazole rings is 1. The molecule has 0 saturated carbocycles. The maximum Gasteiger partial charge on any atom is 0.135 e. The molecule has 0 aliphatic rings. The van der Waals surface area contributed by atoms with Crippen LogP contribution in [-0.4, -0.2) is 23.3 Å². The van der Waals surface area contributed by atoms with Gasteiger partial charge in [0.05, 0.1) is 17.6 Å². The third kappa shape index (κ3) is 4.02. The quantitative estimate of drug-likeness (QED) is 0.555. The van der Waals surface area contributed by atoms with Gasteiger partial charge in [-0.25, -0.2) is 4.98 Å². The molecule has 0 bridgehead atoms. The first-order chi connectivity index (χ1) is 12.2. The maximum atomic E-state index is 6.04. The summed E-state index contributed by atoms with van der Waals surface area (Å²) in [5.41, 5.74) is 3.42. The van der Waals surface area contributed by atoms with E-state index in [-0.39, 0.29) is 0 Å². The Bertz CT molecular complexity index is 824. The van der Waals surface area contributed by atoms with E-state index < -0.39 is 0 Å². The van der Waals surface area contributed by atoms with Gasteiger partial charge in [-0.3, -0.25) is 0 Å². The Balaban J connectivity index is 1.66. The largest absolute Gasteiger partial charge is 0.493 e. The second-order valence-corrected chi connectivity index (χ2v) is 6.50.